The zero-order chi connectivity index (χ0) is 19.9. The highest BCUT2D eigenvalue weighted by atomic mass is 16.5. The second-order valence-electron chi connectivity index (χ2n) is 6.90. The van der Waals surface area contributed by atoms with Gasteiger partial charge in [-0.3, -0.25) is 4.79 Å². The predicted octanol–water partition coefficient (Wildman–Crippen LogP) is 2.51. The molecule has 0 radical (unpaired) electrons. The number of ether oxygens (including phenoxy) is 1. The van der Waals surface area contributed by atoms with Crippen molar-refractivity contribution in [3.8, 4) is 5.75 Å². The van der Waals surface area contributed by atoms with Gasteiger partial charge in [0.2, 0.25) is 5.91 Å². The number of amides is 1. The van der Waals surface area contributed by atoms with Gasteiger partial charge in [0.1, 0.15) is 23.2 Å². The molecule has 1 N–H and O–H groups in total. The van der Waals surface area contributed by atoms with E-state index in [1.54, 1.807) is 7.11 Å². The Morgan fingerprint density at radius 1 is 1.14 bits per heavy atom. The maximum absolute atomic E-state index is 12.6. The first-order valence-corrected chi connectivity index (χ1v) is 9.84. The summed E-state index contributed by atoms with van der Waals surface area (Å²) in [6.45, 7) is 7.80. The molecule has 0 atom stereocenters. The van der Waals surface area contributed by atoms with E-state index in [0.29, 0.717) is 6.42 Å². The molecule has 1 aliphatic heterocycles. The summed E-state index contributed by atoms with van der Waals surface area (Å²) in [5.41, 5.74) is 1.15. The van der Waals surface area contributed by atoms with Gasteiger partial charge in [-0.2, -0.15) is 0 Å². The summed E-state index contributed by atoms with van der Waals surface area (Å²) in [6.07, 6.45) is 1.28. The van der Waals surface area contributed by atoms with Crippen molar-refractivity contribution in [2.45, 2.75) is 26.7 Å². The molecule has 7 heteroatoms. The molecule has 1 aliphatic rings. The summed E-state index contributed by atoms with van der Waals surface area (Å²) in [6, 6.07) is 9.89. The number of aromatic nitrogens is 2. The monoisotopic (exact) mass is 383 g/mol. The smallest absolute Gasteiger partial charge is 0.223 e. The van der Waals surface area contributed by atoms with Crippen LogP contribution in [0.2, 0.25) is 0 Å². The Labute approximate surface area is 166 Å². The van der Waals surface area contributed by atoms with Crippen molar-refractivity contribution in [3.63, 3.8) is 0 Å². The molecule has 2 heterocycles. The van der Waals surface area contributed by atoms with E-state index in [1.807, 2.05) is 49.1 Å². The molecule has 28 heavy (non-hydrogen) atoms. The van der Waals surface area contributed by atoms with Crippen LogP contribution in [-0.2, 0) is 11.2 Å². The topological polar surface area (TPSA) is 70.6 Å². The first kappa shape index (κ1) is 19.9. The van der Waals surface area contributed by atoms with Crippen LogP contribution in [0.4, 0.5) is 11.6 Å². The lowest BCUT2D eigenvalue weighted by molar-refractivity contribution is -0.131. The maximum atomic E-state index is 12.6. The lowest BCUT2D eigenvalue weighted by Crippen LogP contribution is -2.49. The third-order valence-corrected chi connectivity index (χ3v) is 4.93. The van der Waals surface area contributed by atoms with Crippen LogP contribution in [0.1, 0.15) is 24.7 Å². The number of nitrogens with zero attached hydrogens (tertiary/aromatic N) is 4. The minimum atomic E-state index is 0.211. The maximum Gasteiger partial charge on any atom is 0.223 e. The number of rotatable bonds is 7. The molecule has 0 unspecified atom stereocenters. The molecule has 0 saturated carbocycles. The minimum absolute atomic E-state index is 0.211. The quantitative estimate of drug-likeness (QED) is 0.792. The summed E-state index contributed by atoms with van der Waals surface area (Å²) < 4.78 is 5.17. The molecular weight excluding hydrogens is 354 g/mol. The third-order valence-electron chi connectivity index (χ3n) is 4.93. The fourth-order valence-electron chi connectivity index (χ4n) is 3.37. The Hall–Kier alpha value is -2.83. The summed E-state index contributed by atoms with van der Waals surface area (Å²) in [5.74, 6) is 3.58. The normalized spacial score (nSPS) is 14.1. The Kier molecular flexibility index (Phi) is 6.68. The molecule has 0 aliphatic carbocycles. The van der Waals surface area contributed by atoms with E-state index in [0.717, 1.165) is 67.9 Å². The van der Waals surface area contributed by atoms with Crippen LogP contribution in [0.5, 0.6) is 5.75 Å². The molecule has 1 aromatic heterocycles. The second-order valence-corrected chi connectivity index (χ2v) is 6.90. The number of methoxy groups -OCH3 is 1. The Balaban J connectivity index is 1.51. The third kappa shape index (κ3) is 5.12. The lowest BCUT2D eigenvalue weighted by atomic mass is 10.1. The Morgan fingerprint density at radius 2 is 1.86 bits per heavy atom. The first-order chi connectivity index (χ1) is 13.6. The highest BCUT2D eigenvalue weighted by molar-refractivity contribution is 5.76. The molecule has 1 fully saturated rings. The van der Waals surface area contributed by atoms with Gasteiger partial charge in [-0.25, -0.2) is 9.97 Å². The van der Waals surface area contributed by atoms with Gasteiger partial charge in [-0.15, -0.1) is 0 Å². The molecule has 7 nitrogen and oxygen atoms in total. The van der Waals surface area contributed by atoms with Crippen LogP contribution in [0.15, 0.2) is 30.3 Å². The van der Waals surface area contributed by atoms with Crippen molar-refractivity contribution < 1.29 is 9.53 Å². The van der Waals surface area contributed by atoms with E-state index in [4.69, 9.17) is 4.74 Å². The van der Waals surface area contributed by atoms with E-state index in [1.165, 1.54) is 0 Å². The van der Waals surface area contributed by atoms with Crippen LogP contribution in [0.25, 0.3) is 0 Å². The van der Waals surface area contributed by atoms with Crippen molar-refractivity contribution in [1.29, 1.82) is 0 Å². The first-order valence-electron chi connectivity index (χ1n) is 9.84. The molecule has 1 aromatic carbocycles. The summed E-state index contributed by atoms with van der Waals surface area (Å²) in [7, 11) is 1.65. The van der Waals surface area contributed by atoms with Crippen LogP contribution >= 0.6 is 0 Å². The number of nitrogens with one attached hydrogen (secondary N) is 1. The highest BCUT2D eigenvalue weighted by Gasteiger charge is 2.22. The number of benzene rings is 1. The van der Waals surface area contributed by atoms with Crippen molar-refractivity contribution in [3.05, 3.63) is 41.7 Å². The number of piperazine rings is 1. The van der Waals surface area contributed by atoms with Crippen molar-refractivity contribution in [2.75, 3.05) is 50.1 Å². The van der Waals surface area contributed by atoms with Gasteiger partial charge in [-0.05, 0) is 38.0 Å². The molecule has 0 spiro atoms. The van der Waals surface area contributed by atoms with Crippen molar-refractivity contribution >= 4 is 17.5 Å². The average molecular weight is 383 g/mol. The number of hydrogen-bond donors (Lipinski definition) is 1. The van der Waals surface area contributed by atoms with Crippen LogP contribution in [-0.4, -0.2) is 60.6 Å². The molecule has 1 saturated heterocycles. The van der Waals surface area contributed by atoms with Crippen LogP contribution in [0.3, 0.4) is 0 Å². The summed E-state index contributed by atoms with van der Waals surface area (Å²) in [4.78, 5) is 25.7. The number of aryl methyl sites for hydroxylation is 2. The number of anilines is 2. The van der Waals surface area contributed by atoms with Gasteiger partial charge in [0.15, 0.2) is 0 Å². The molecular formula is C21H29N5O2. The van der Waals surface area contributed by atoms with E-state index in [-0.39, 0.29) is 5.91 Å². The fourth-order valence-corrected chi connectivity index (χ4v) is 3.37. The van der Waals surface area contributed by atoms with E-state index >= 15 is 0 Å². The van der Waals surface area contributed by atoms with Gasteiger partial charge < -0.3 is 19.9 Å². The van der Waals surface area contributed by atoms with E-state index < -0.39 is 0 Å². The van der Waals surface area contributed by atoms with Gasteiger partial charge in [0.25, 0.3) is 0 Å². The molecule has 2 aromatic rings. The van der Waals surface area contributed by atoms with Gasteiger partial charge >= 0.3 is 0 Å². The zero-order valence-electron chi connectivity index (χ0n) is 16.9. The standard InChI is InChI=1S/C21H29N5O2/c1-4-22-19-15-20(24-16(2)23-19)25-11-13-26(14-12-25)21(27)10-7-17-5-8-18(28-3)9-6-17/h5-6,8-9,15H,4,7,10-14H2,1-3H3,(H,22,23,24). The minimum Gasteiger partial charge on any atom is -0.497 e. The molecule has 0 bridgehead atoms. The van der Waals surface area contributed by atoms with Crippen molar-refractivity contribution in [2.24, 2.45) is 0 Å². The SMILES string of the molecule is CCNc1cc(N2CCN(C(=O)CCc3ccc(OC)cc3)CC2)nc(C)n1. The Bertz CT molecular complexity index is 786. The van der Waals surface area contributed by atoms with Crippen LogP contribution in [0, 0.1) is 6.92 Å². The Morgan fingerprint density at radius 3 is 2.50 bits per heavy atom. The fraction of sp³-hybridized carbons (Fsp3) is 0.476. The molecule has 150 valence electrons. The number of carbonyl (C=O) groups excluding carboxylic acids is 1. The van der Waals surface area contributed by atoms with E-state index in [9.17, 15) is 4.79 Å². The predicted molar refractivity (Wildman–Crippen MR) is 111 cm³/mol. The molecule has 3 rings (SSSR count). The van der Waals surface area contributed by atoms with Gasteiger partial charge in [0, 0.05) is 45.2 Å². The van der Waals surface area contributed by atoms with Gasteiger partial charge in [0.05, 0.1) is 7.11 Å². The average Bonchev–Trinajstić information content (AvgIpc) is 2.72. The highest BCUT2D eigenvalue weighted by Crippen LogP contribution is 2.18. The lowest BCUT2D eigenvalue weighted by Gasteiger charge is -2.35. The van der Waals surface area contributed by atoms with Gasteiger partial charge in [-0.1, -0.05) is 12.1 Å². The van der Waals surface area contributed by atoms with Crippen molar-refractivity contribution in [1.82, 2.24) is 14.9 Å². The summed E-state index contributed by atoms with van der Waals surface area (Å²) in [5, 5.41) is 3.24. The molecule has 1 amide bonds. The summed E-state index contributed by atoms with van der Waals surface area (Å²) >= 11 is 0. The largest absolute Gasteiger partial charge is 0.497 e. The van der Waals surface area contributed by atoms with Crippen LogP contribution < -0.4 is 15.0 Å². The zero-order valence-corrected chi connectivity index (χ0v) is 16.9. The van der Waals surface area contributed by atoms with E-state index in [2.05, 4.69) is 20.2 Å². The number of carbonyl (C=O) groups is 1. The number of hydrogen-bond acceptors (Lipinski definition) is 6. The second kappa shape index (κ2) is 9.39.